The van der Waals surface area contributed by atoms with Gasteiger partial charge in [-0.1, -0.05) is 11.8 Å². The lowest BCUT2D eigenvalue weighted by Crippen LogP contribution is -2.25. The summed E-state index contributed by atoms with van der Waals surface area (Å²) in [7, 11) is 0. The number of phenols is 1. The van der Waals surface area contributed by atoms with Gasteiger partial charge in [0.25, 0.3) is 0 Å². The minimum absolute atomic E-state index is 0.0974. The van der Waals surface area contributed by atoms with E-state index in [2.05, 4.69) is 32.5 Å². The lowest BCUT2D eigenvalue weighted by molar-refractivity contribution is -0.198. The molecule has 6 nitrogen and oxygen atoms in total. The van der Waals surface area contributed by atoms with Crippen molar-refractivity contribution >= 4 is 21.9 Å². The topological polar surface area (TPSA) is 74.2 Å². The van der Waals surface area contributed by atoms with E-state index in [0.29, 0.717) is 16.8 Å². The summed E-state index contributed by atoms with van der Waals surface area (Å²) in [6, 6.07) is 2.73. The molecule has 1 aromatic carbocycles. The molecule has 1 heterocycles. The Hall–Kier alpha value is -1.96. The first-order valence-corrected chi connectivity index (χ1v) is 8.47. The third-order valence-electron chi connectivity index (χ3n) is 3.27. The van der Waals surface area contributed by atoms with Crippen LogP contribution in [0.1, 0.15) is 19.4 Å². The highest BCUT2D eigenvalue weighted by atomic mass is 79.9. The van der Waals surface area contributed by atoms with E-state index in [-0.39, 0.29) is 24.0 Å². The summed E-state index contributed by atoms with van der Waals surface area (Å²) < 4.78 is 57.1. The smallest absolute Gasteiger partial charge is 0.490 e. The molecule has 2 rings (SSSR count). The van der Waals surface area contributed by atoms with Crippen molar-refractivity contribution in [2.45, 2.75) is 31.9 Å². The van der Waals surface area contributed by atoms with Gasteiger partial charge in [-0.2, -0.15) is 13.2 Å². The molecule has 0 aliphatic carbocycles. The van der Waals surface area contributed by atoms with Crippen molar-refractivity contribution in [3.05, 3.63) is 22.2 Å². The minimum Gasteiger partial charge on any atom is -0.507 e. The molecule has 0 saturated carbocycles. The van der Waals surface area contributed by atoms with Crippen molar-refractivity contribution < 1.29 is 42.0 Å². The van der Waals surface area contributed by atoms with Crippen LogP contribution in [0.3, 0.4) is 0 Å². The molecular weight excluding hydrogens is 437 g/mol. The number of carbonyl (C=O) groups excluding carboxylic acids is 1. The van der Waals surface area contributed by atoms with Crippen molar-refractivity contribution in [2.75, 3.05) is 19.8 Å². The largest absolute Gasteiger partial charge is 0.507 e. The van der Waals surface area contributed by atoms with Gasteiger partial charge in [0.1, 0.15) is 24.2 Å². The third-order valence-corrected chi connectivity index (χ3v) is 3.89. The van der Waals surface area contributed by atoms with Gasteiger partial charge in [0.2, 0.25) is 0 Å². The van der Waals surface area contributed by atoms with Crippen molar-refractivity contribution in [2.24, 2.45) is 0 Å². The summed E-state index contributed by atoms with van der Waals surface area (Å²) >= 11 is 3.24. The summed E-state index contributed by atoms with van der Waals surface area (Å²) in [5.41, 5.74) is 0.0974. The van der Waals surface area contributed by atoms with Crippen LogP contribution in [-0.2, 0) is 19.0 Å². The molecule has 1 aromatic rings. The number of phenolic OH excluding ortho intramolecular Hbond substituents is 1. The van der Waals surface area contributed by atoms with E-state index >= 15 is 0 Å². The summed E-state index contributed by atoms with van der Waals surface area (Å²) in [6.07, 6.45) is -5.36. The van der Waals surface area contributed by atoms with Gasteiger partial charge in [-0.15, -0.1) is 0 Å². The number of ether oxygens (including phenoxy) is 4. The first kappa shape index (κ1) is 21.3. The van der Waals surface area contributed by atoms with Crippen molar-refractivity contribution in [1.29, 1.82) is 0 Å². The molecule has 1 atom stereocenters. The van der Waals surface area contributed by atoms with Gasteiger partial charge in [-0.25, -0.2) is 4.79 Å². The Balaban J connectivity index is 1.99. The predicted octanol–water partition coefficient (Wildman–Crippen LogP) is 3.14. The van der Waals surface area contributed by atoms with E-state index < -0.39 is 24.5 Å². The second-order valence-corrected chi connectivity index (χ2v) is 6.79. The molecule has 0 bridgehead atoms. The number of aromatic hydroxyl groups is 1. The van der Waals surface area contributed by atoms with E-state index in [9.17, 15) is 23.1 Å². The monoisotopic (exact) mass is 452 g/mol. The second-order valence-electron chi connectivity index (χ2n) is 5.94. The van der Waals surface area contributed by atoms with Crippen LogP contribution in [0.4, 0.5) is 13.2 Å². The molecule has 1 aliphatic rings. The summed E-state index contributed by atoms with van der Waals surface area (Å²) in [6.45, 7) is 3.33. The average Bonchev–Trinajstić information content (AvgIpc) is 2.90. The average molecular weight is 453 g/mol. The minimum atomic E-state index is -5.08. The fraction of sp³-hybridized carbons (Fsp3) is 0.471. The van der Waals surface area contributed by atoms with E-state index in [0.717, 1.165) is 0 Å². The molecule has 1 aliphatic heterocycles. The number of rotatable bonds is 4. The number of halogens is 4. The molecule has 10 heteroatoms. The van der Waals surface area contributed by atoms with Gasteiger partial charge in [0, 0.05) is 6.07 Å². The van der Waals surface area contributed by atoms with Gasteiger partial charge >= 0.3 is 12.1 Å². The second kappa shape index (κ2) is 8.37. The van der Waals surface area contributed by atoms with Gasteiger partial charge in [0.15, 0.2) is 12.4 Å². The Morgan fingerprint density at radius 3 is 2.74 bits per heavy atom. The maximum absolute atomic E-state index is 12.0. The van der Waals surface area contributed by atoms with Crippen LogP contribution in [0.2, 0.25) is 0 Å². The highest BCUT2D eigenvalue weighted by Crippen LogP contribution is 2.32. The van der Waals surface area contributed by atoms with Crippen LogP contribution >= 0.6 is 15.9 Å². The number of esters is 1. The SMILES string of the molecule is CC1(C)OCC(COc2cc(C#CCOC(=O)C(F)(F)F)c(O)cc2Br)O1. The summed E-state index contributed by atoms with van der Waals surface area (Å²) in [5, 5.41) is 9.88. The molecule has 1 N–H and O–H groups in total. The molecule has 0 spiro atoms. The maximum Gasteiger partial charge on any atom is 0.490 e. The van der Waals surface area contributed by atoms with Crippen LogP contribution in [0.15, 0.2) is 16.6 Å². The van der Waals surface area contributed by atoms with Gasteiger partial charge < -0.3 is 24.1 Å². The first-order valence-electron chi connectivity index (χ1n) is 7.68. The van der Waals surface area contributed by atoms with Gasteiger partial charge in [0.05, 0.1) is 16.6 Å². The molecule has 0 amide bonds. The first-order chi connectivity index (χ1) is 12.5. The zero-order chi connectivity index (χ0) is 20.2. The van der Waals surface area contributed by atoms with Crippen LogP contribution in [0.5, 0.6) is 11.5 Å². The lowest BCUT2D eigenvalue weighted by atomic mass is 10.2. The standard InChI is InChI=1S/C17H16BrF3O6/c1-16(2)26-9-11(27-16)8-25-14-6-10(13(22)7-12(14)18)4-3-5-24-15(23)17(19,20)21/h6-7,11,22H,5,8-9H2,1-2H3. The predicted molar refractivity (Wildman–Crippen MR) is 90.1 cm³/mol. The Kier molecular flexibility index (Phi) is 6.62. The Morgan fingerprint density at radius 2 is 2.15 bits per heavy atom. The molecule has 148 valence electrons. The molecule has 0 aromatic heterocycles. The van der Waals surface area contributed by atoms with Crippen molar-refractivity contribution in [3.8, 4) is 23.3 Å². The van der Waals surface area contributed by atoms with Gasteiger partial charge in [-0.3, -0.25) is 0 Å². The normalized spacial score (nSPS) is 18.5. The highest BCUT2D eigenvalue weighted by molar-refractivity contribution is 9.10. The highest BCUT2D eigenvalue weighted by Gasteiger charge is 2.40. The number of alkyl halides is 3. The van der Waals surface area contributed by atoms with Gasteiger partial charge in [-0.05, 0) is 35.8 Å². The quantitative estimate of drug-likeness (QED) is 0.558. The zero-order valence-electron chi connectivity index (χ0n) is 14.4. The lowest BCUT2D eigenvalue weighted by Gasteiger charge is -2.17. The fourth-order valence-corrected chi connectivity index (χ4v) is 2.54. The van der Waals surface area contributed by atoms with E-state index in [1.165, 1.54) is 12.1 Å². The molecule has 1 saturated heterocycles. The van der Waals surface area contributed by atoms with Crippen LogP contribution < -0.4 is 4.74 Å². The molecular formula is C17H16BrF3O6. The Bertz CT molecular complexity index is 766. The zero-order valence-corrected chi connectivity index (χ0v) is 15.9. The fourth-order valence-electron chi connectivity index (χ4n) is 2.10. The van der Waals surface area contributed by atoms with Crippen LogP contribution in [0, 0.1) is 11.8 Å². The Morgan fingerprint density at radius 1 is 1.44 bits per heavy atom. The molecule has 1 fully saturated rings. The van der Waals surface area contributed by atoms with E-state index in [4.69, 9.17) is 14.2 Å². The molecule has 27 heavy (non-hydrogen) atoms. The molecule has 1 unspecified atom stereocenters. The number of hydrogen-bond acceptors (Lipinski definition) is 6. The maximum atomic E-state index is 12.0. The van der Waals surface area contributed by atoms with E-state index in [1.807, 2.05) is 0 Å². The Labute approximate surface area is 161 Å². The number of benzene rings is 1. The van der Waals surface area contributed by atoms with Crippen molar-refractivity contribution in [3.63, 3.8) is 0 Å². The number of carbonyl (C=O) groups is 1. The summed E-state index contributed by atoms with van der Waals surface area (Å²) in [4.78, 5) is 10.6. The van der Waals surface area contributed by atoms with Crippen LogP contribution in [-0.4, -0.2) is 49.0 Å². The van der Waals surface area contributed by atoms with Crippen molar-refractivity contribution in [1.82, 2.24) is 0 Å². The number of hydrogen-bond donors (Lipinski definition) is 1. The van der Waals surface area contributed by atoms with Crippen LogP contribution in [0.25, 0.3) is 0 Å². The third kappa shape index (κ3) is 6.30. The summed E-state index contributed by atoms with van der Waals surface area (Å²) in [5.74, 6) is 1.77. The van der Waals surface area contributed by atoms with E-state index in [1.54, 1.807) is 13.8 Å². The molecule has 0 radical (unpaired) electrons.